The summed E-state index contributed by atoms with van der Waals surface area (Å²) in [7, 11) is 0. The van der Waals surface area contributed by atoms with Gasteiger partial charge in [-0.25, -0.2) is 4.98 Å². The van der Waals surface area contributed by atoms with Crippen LogP contribution < -0.4 is 0 Å². The van der Waals surface area contributed by atoms with Gasteiger partial charge in [-0.15, -0.1) is 0 Å². The highest BCUT2D eigenvalue weighted by Gasteiger charge is 2.71. The van der Waals surface area contributed by atoms with Crippen LogP contribution in [0.25, 0.3) is 22.4 Å². The molecule has 2 heterocycles. The Balaban J connectivity index is 1.74. The Morgan fingerprint density at radius 3 is 2.31 bits per heavy atom. The lowest BCUT2D eigenvalue weighted by molar-refractivity contribution is -0.376. The number of carbonyl (C=O) groups excluding carboxylic acids is 1. The summed E-state index contributed by atoms with van der Waals surface area (Å²) >= 11 is 0. The number of rotatable bonds is 5. The van der Waals surface area contributed by atoms with Gasteiger partial charge in [0.15, 0.2) is 0 Å². The molecule has 0 amide bonds. The Morgan fingerprint density at radius 1 is 1.00 bits per heavy atom. The minimum Gasteiger partial charge on any atom is -0.441 e. The number of aliphatic hydroxyl groups is 1. The van der Waals surface area contributed by atoms with Gasteiger partial charge in [0.1, 0.15) is 17.7 Å². The van der Waals surface area contributed by atoms with E-state index in [2.05, 4.69) is 4.98 Å². The predicted molar refractivity (Wildman–Crippen MR) is 114 cm³/mol. The number of oxazole rings is 1. The third-order valence-electron chi connectivity index (χ3n) is 5.82. The third kappa shape index (κ3) is 4.09. The summed E-state index contributed by atoms with van der Waals surface area (Å²) in [6, 6.07) is 10.4. The van der Waals surface area contributed by atoms with Crippen molar-refractivity contribution < 1.29 is 40.7 Å². The number of hydrogen-bond donors (Lipinski definition) is 1. The smallest absolute Gasteiger partial charge is 0.430 e. The lowest BCUT2D eigenvalue weighted by atomic mass is 9.91. The number of aldehydes is 1. The molecular formula is C24H18F6N2O3. The summed E-state index contributed by atoms with van der Waals surface area (Å²) in [5.41, 5.74) is -3.93. The van der Waals surface area contributed by atoms with Gasteiger partial charge in [0.05, 0.1) is 6.54 Å². The number of carbonyl (C=O) groups is 1. The maximum Gasteiger partial charge on any atom is 0.430 e. The number of aryl methyl sites for hydroxylation is 2. The van der Waals surface area contributed by atoms with Gasteiger partial charge in [0, 0.05) is 33.3 Å². The molecule has 2 aromatic carbocycles. The average molecular weight is 496 g/mol. The van der Waals surface area contributed by atoms with Gasteiger partial charge in [0.25, 0.3) is 5.60 Å². The molecule has 4 rings (SSSR count). The van der Waals surface area contributed by atoms with Crippen molar-refractivity contribution in [3.8, 4) is 11.5 Å². The van der Waals surface area contributed by atoms with E-state index in [9.17, 15) is 36.2 Å². The van der Waals surface area contributed by atoms with Gasteiger partial charge in [-0.2, -0.15) is 26.3 Å². The van der Waals surface area contributed by atoms with Gasteiger partial charge < -0.3 is 14.1 Å². The van der Waals surface area contributed by atoms with Crippen LogP contribution in [0.15, 0.2) is 52.9 Å². The molecule has 0 aliphatic carbocycles. The van der Waals surface area contributed by atoms with Crippen LogP contribution in [0.5, 0.6) is 0 Å². The lowest BCUT2D eigenvalue weighted by Gasteiger charge is -2.32. The first kappa shape index (κ1) is 24.5. The third-order valence-corrected chi connectivity index (χ3v) is 5.82. The van der Waals surface area contributed by atoms with E-state index in [0.29, 0.717) is 52.2 Å². The second kappa shape index (κ2) is 8.26. The van der Waals surface area contributed by atoms with E-state index in [-0.39, 0.29) is 17.8 Å². The molecule has 0 radical (unpaired) electrons. The quantitative estimate of drug-likeness (QED) is 0.268. The standard InChI is InChI=1S/C24H18F6N2O3/c1-13-8-17-10-18(22(34,23(25,26)27)24(28,29)30)6-7-20(17)32(13)11-19-14(2)35-21(31-19)16-5-3-4-15(9-16)12-33/h3-10,12,34H,11H2,1-2H3. The second-order valence-corrected chi connectivity index (χ2v) is 8.12. The van der Waals surface area contributed by atoms with E-state index in [0.717, 1.165) is 6.07 Å². The maximum atomic E-state index is 13.3. The van der Waals surface area contributed by atoms with Crippen molar-refractivity contribution in [3.05, 3.63) is 76.8 Å². The summed E-state index contributed by atoms with van der Waals surface area (Å²) in [5, 5.41) is 9.80. The fourth-order valence-corrected chi connectivity index (χ4v) is 3.92. The van der Waals surface area contributed by atoms with E-state index in [4.69, 9.17) is 4.42 Å². The Labute approximate surface area is 194 Å². The largest absolute Gasteiger partial charge is 0.441 e. The molecule has 0 saturated heterocycles. The molecule has 184 valence electrons. The van der Waals surface area contributed by atoms with Crippen LogP contribution in [-0.4, -0.2) is 33.3 Å². The van der Waals surface area contributed by atoms with Crippen molar-refractivity contribution in [2.75, 3.05) is 0 Å². The zero-order chi connectivity index (χ0) is 25.8. The minimum absolute atomic E-state index is 0.0898. The van der Waals surface area contributed by atoms with E-state index in [1.54, 1.807) is 42.7 Å². The first-order valence-corrected chi connectivity index (χ1v) is 10.2. The first-order valence-electron chi connectivity index (χ1n) is 10.2. The number of hydrogen-bond acceptors (Lipinski definition) is 4. The van der Waals surface area contributed by atoms with Gasteiger partial charge in [0.2, 0.25) is 5.89 Å². The number of alkyl halides is 6. The van der Waals surface area contributed by atoms with Crippen molar-refractivity contribution in [3.63, 3.8) is 0 Å². The second-order valence-electron chi connectivity index (χ2n) is 8.12. The minimum atomic E-state index is -5.97. The number of nitrogens with zero attached hydrogens (tertiary/aromatic N) is 2. The van der Waals surface area contributed by atoms with Crippen LogP contribution in [-0.2, 0) is 12.1 Å². The van der Waals surface area contributed by atoms with E-state index < -0.39 is 23.5 Å². The van der Waals surface area contributed by atoms with Crippen molar-refractivity contribution in [1.29, 1.82) is 0 Å². The maximum absolute atomic E-state index is 13.3. The van der Waals surface area contributed by atoms with E-state index in [1.165, 1.54) is 6.07 Å². The molecule has 0 bridgehead atoms. The topological polar surface area (TPSA) is 68.3 Å². The molecule has 35 heavy (non-hydrogen) atoms. The Hall–Kier alpha value is -3.60. The Kier molecular flexibility index (Phi) is 5.79. The SMILES string of the molecule is Cc1oc(-c2cccc(C=O)c2)nc1Cn1c(C)cc2cc(C(O)(C(F)(F)F)C(F)(F)F)ccc21. The summed E-state index contributed by atoms with van der Waals surface area (Å²) in [6.45, 7) is 3.44. The van der Waals surface area contributed by atoms with Crippen LogP contribution in [0.4, 0.5) is 26.3 Å². The van der Waals surface area contributed by atoms with Gasteiger partial charge in [-0.3, -0.25) is 4.79 Å². The van der Waals surface area contributed by atoms with Crippen molar-refractivity contribution in [1.82, 2.24) is 9.55 Å². The average Bonchev–Trinajstić information content (AvgIpc) is 3.30. The number of halogens is 6. The molecule has 11 heteroatoms. The van der Waals surface area contributed by atoms with Crippen molar-refractivity contribution in [2.45, 2.75) is 38.3 Å². The molecule has 4 aromatic rings. The fourth-order valence-electron chi connectivity index (χ4n) is 3.92. The fraction of sp³-hybridized carbons (Fsp3) is 0.250. The zero-order valence-corrected chi connectivity index (χ0v) is 18.3. The van der Waals surface area contributed by atoms with Crippen LogP contribution in [0.1, 0.15) is 33.1 Å². The van der Waals surface area contributed by atoms with Crippen LogP contribution in [0.2, 0.25) is 0 Å². The molecule has 5 nitrogen and oxygen atoms in total. The highest BCUT2D eigenvalue weighted by molar-refractivity contribution is 5.82. The molecule has 0 aliphatic rings. The molecule has 0 unspecified atom stereocenters. The highest BCUT2D eigenvalue weighted by atomic mass is 19.4. The molecule has 0 aliphatic heterocycles. The molecule has 0 saturated carbocycles. The van der Waals surface area contributed by atoms with E-state index >= 15 is 0 Å². The molecule has 0 atom stereocenters. The summed E-state index contributed by atoms with van der Waals surface area (Å²) < 4.78 is 87.1. The number of benzene rings is 2. The van der Waals surface area contributed by atoms with Crippen molar-refractivity contribution in [2.24, 2.45) is 0 Å². The van der Waals surface area contributed by atoms with Crippen LogP contribution in [0.3, 0.4) is 0 Å². The number of fused-ring (bicyclic) bond motifs is 1. The summed E-state index contributed by atoms with van der Waals surface area (Å²) in [6.07, 6.45) is -11.2. The summed E-state index contributed by atoms with van der Waals surface area (Å²) in [5.74, 6) is 0.718. The van der Waals surface area contributed by atoms with Gasteiger partial charge in [-0.05, 0) is 44.2 Å². The van der Waals surface area contributed by atoms with E-state index in [1.807, 2.05) is 0 Å². The zero-order valence-electron chi connectivity index (χ0n) is 18.3. The molecular weight excluding hydrogens is 478 g/mol. The van der Waals surface area contributed by atoms with Crippen LogP contribution in [0, 0.1) is 13.8 Å². The summed E-state index contributed by atoms with van der Waals surface area (Å²) in [4.78, 5) is 15.5. The molecule has 0 spiro atoms. The molecule has 2 aromatic heterocycles. The van der Waals surface area contributed by atoms with Crippen LogP contribution >= 0.6 is 0 Å². The van der Waals surface area contributed by atoms with Gasteiger partial charge in [-0.1, -0.05) is 18.2 Å². The molecule has 1 N–H and O–H groups in total. The first-order chi connectivity index (χ1) is 16.3. The monoisotopic (exact) mass is 496 g/mol. The normalized spacial score (nSPS) is 12.9. The predicted octanol–water partition coefficient (Wildman–Crippen LogP) is 6.09. The molecule has 0 fully saturated rings. The Bertz CT molecular complexity index is 1400. The van der Waals surface area contributed by atoms with Gasteiger partial charge >= 0.3 is 12.4 Å². The highest BCUT2D eigenvalue weighted by Crippen LogP contribution is 2.50. The van der Waals surface area contributed by atoms with Crippen molar-refractivity contribution >= 4 is 17.2 Å². The number of aromatic nitrogens is 2. The Morgan fingerprint density at radius 2 is 1.69 bits per heavy atom. The lowest BCUT2D eigenvalue weighted by Crippen LogP contribution is -2.53.